The number of nitrogens with zero attached hydrogens (tertiary/aromatic N) is 2. The van der Waals surface area contributed by atoms with Gasteiger partial charge in [0.25, 0.3) is 0 Å². The number of carbonyl (C=O) groups excluding carboxylic acids is 1. The molecule has 42 heavy (non-hydrogen) atoms. The number of unbranched alkanes of at least 4 members (excludes halogenated alkanes) is 1. The molecule has 10 heteroatoms. The number of carboxylic acid groups (broad SMARTS) is 1. The first-order valence-electron chi connectivity index (χ1n) is 15.0. The van der Waals surface area contributed by atoms with Gasteiger partial charge in [0.15, 0.2) is 11.5 Å². The van der Waals surface area contributed by atoms with E-state index in [9.17, 15) is 14.7 Å². The van der Waals surface area contributed by atoms with Crippen LogP contribution in [0.25, 0.3) is 0 Å². The minimum atomic E-state index is -0.875. The first kappa shape index (κ1) is 31.4. The molecule has 0 bridgehead atoms. The number of methoxy groups -OCH3 is 2. The molecule has 0 radical (unpaired) electrons. The molecule has 0 saturated carbocycles. The van der Waals surface area contributed by atoms with Gasteiger partial charge < -0.3 is 34.7 Å². The zero-order valence-electron chi connectivity index (χ0n) is 25.0. The quantitative estimate of drug-likeness (QED) is 0.303. The van der Waals surface area contributed by atoms with Crippen molar-refractivity contribution < 1.29 is 33.6 Å². The van der Waals surface area contributed by atoms with E-state index in [1.807, 2.05) is 41.3 Å². The molecule has 1 amide bonds. The fourth-order valence-corrected chi connectivity index (χ4v) is 6.23. The van der Waals surface area contributed by atoms with Gasteiger partial charge in [0.05, 0.1) is 26.7 Å². The van der Waals surface area contributed by atoms with Crippen molar-refractivity contribution in [2.24, 2.45) is 11.7 Å². The van der Waals surface area contributed by atoms with E-state index in [2.05, 4.69) is 11.8 Å². The van der Waals surface area contributed by atoms with E-state index in [1.54, 1.807) is 14.2 Å². The molecule has 0 aromatic heterocycles. The van der Waals surface area contributed by atoms with Crippen LogP contribution in [0.3, 0.4) is 0 Å². The second-order valence-corrected chi connectivity index (χ2v) is 11.0. The smallest absolute Gasteiger partial charge is 0.308 e. The van der Waals surface area contributed by atoms with E-state index >= 15 is 0 Å². The Hall–Kier alpha value is -3.50. The Balaban J connectivity index is 1.61. The summed E-state index contributed by atoms with van der Waals surface area (Å²) in [4.78, 5) is 30.5. The predicted molar refractivity (Wildman–Crippen MR) is 159 cm³/mol. The fraction of sp³-hybridized carbons (Fsp3) is 0.562. The zero-order valence-corrected chi connectivity index (χ0v) is 25.0. The fourth-order valence-electron chi connectivity index (χ4n) is 6.23. The maximum absolute atomic E-state index is 13.6. The maximum atomic E-state index is 13.6. The number of ether oxygens (including phenoxy) is 4. The molecule has 1 fully saturated rings. The van der Waals surface area contributed by atoms with E-state index in [0.29, 0.717) is 49.8 Å². The molecule has 3 unspecified atom stereocenters. The number of likely N-dealkylation sites (tertiary alicyclic amines) is 1. The van der Waals surface area contributed by atoms with Crippen LogP contribution in [0, 0.1) is 5.92 Å². The molecule has 2 aromatic rings. The lowest BCUT2D eigenvalue weighted by Crippen LogP contribution is -2.45. The lowest BCUT2D eigenvalue weighted by atomic mass is 9.83. The Labute approximate surface area is 248 Å². The molecule has 230 valence electrons. The second-order valence-electron chi connectivity index (χ2n) is 11.0. The number of nitrogens with two attached hydrogens (primary N) is 1. The number of hydrogen-bond donors (Lipinski definition) is 2. The van der Waals surface area contributed by atoms with Gasteiger partial charge in [-0.3, -0.25) is 14.5 Å². The van der Waals surface area contributed by atoms with Crippen LogP contribution >= 0.6 is 0 Å². The summed E-state index contributed by atoms with van der Waals surface area (Å²) in [5.74, 6) is 0.471. The molecule has 10 nitrogen and oxygen atoms in total. The molecular formula is C32H45N3O7. The summed E-state index contributed by atoms with van der Waals surface area (Å²) in [5, 5.41) is 10.6. The van der Waals surface area contributed by atoms with Gasteiger partial charge in [-0.2, -0.15) is 0 Å². The highest BCUT2D eigenvalue weighted by atomic mass is 16.7. The largest absolute Gasteiger partial charge is 0.496 e. The molecule has 4 rings (SSSR count). The van der Waals surface area contributed by atoms with Crippen molar-refractivity contribution in [3.8, 4) is 23.0 Å². The number of benzene rings is 2. The van der Waals surface area contributed by atoms with Crippen molar-refractivity contribution >= 4 is 11.9 Å². The lowest BCUT2D eigenvalue weighted by Gasteiger charge is -2.30. The number of aliphatic carboxylic acids is 1. The highest BCUT2D eigenvalue weighted by Crippen LogP contribution is 2.47. The first-order valence-corrected chi connectivity index (χ1v) is 15.0. The highest BCUT2D eigenvalue weighted by Gasteiger charge is 2.47. The van der Waals surface area contributed by atoms with Crippen molar-refractivity contribution in [2.75, 3.05) is 53.7 Å². The van der Waals surface area contributed by atoms with Gasteiger partial charge in [0.1, 0.15) is 5.75 Å². The number of rotatable bonds is 16. The van der Waals surface area contributed by atoms with Gasteiger partial charge in [-0.05, 0) is 68.0 Å². The third-order valence-corrected chi connectivity index (χ3v) is 8.39. The molecular weight excluding hydrogens is 538 g/mol. The molecule has 2 aromatic carbocycles. The zero-order chi connectivity index (χ0) is 30.1. The summed E-state index contributed by atoms with van der Waals surface area (Å²) in [6.07, 6.45) is 4.75. The van der Waals surface area contributed by atoms with Crippen LogP contribution in [0.4, 0.5) is 0 Å². The number of amides is 1. The predicted octanol–water partition coefficient (Wildman–Crippen LogP) is 3.90. The van der Waals surface area contributed by atoms with Crippen LogP contribution in [-0.4, -0.2) is 86.6 Å². The summed E-state index contributed by atoms with van der Waals surface area (Å²) < 4.78 is 22.3. The number of para-hydroxylation sites is 1. The topological polar surface area (TPSA) is 124 Å². The van der Waals surface area contributed by atoms with Crippen LogP contribution in [0.15, 0.2) is 36.4 Å². The summed E-state index contributed by atoms with van der Waals surface area (Å²) in [6, 6.07) is 11.3. The van der Waals surface area contributed by atoms with Gasteiger partial charge in [-0.25, -0.2) is 0 Å². The van der Waals surface area contributed by atoms with E-state index in [0.717, 1.165) is 49.0 Å². The monoisotopic (exact) mass is 583 g/mol. The Morgan fingerprint density at radius 3 is 2.55 bits per heavy atom. The average Bonchev–Trinajstić information content (AvgIpc) is 3.62. The summed E-state index contributed by atoms with van der Waals surface area (Å²) >= 11 is 0. The molecule has 2 heterocycles. The Morgan fingerprint density at radius 1 is 1.07 bits per heavy atom. The van der Waals surface area contributed by atoms with Crippen molar-refractivity contribution in [3.05, 3.63) is 47.5 Å². The van der Waals surface area contributed by atoms with Crippen molar-refractivity contribution in [3.63, 3.8) is 0 Å². The van der Waals surface area contributed by atoms with E-state index in [-0.39, 0.29) is 31.2 Å². The third kappa shape index (κ3) is 7.28. The molecule has 0 aliphatic carbocycles. The minimum absolute atomic E-state index is 0.0136. The second kappa shape index (κ2) is 15.1. The normalized spacial score (nSPS) is 19.6. The van der Waals surface area contributed by atoms with Gasteiger partial charge in [0, 0.05) is 31.6 Å². The summed E-state index contributed by atoms with van der Waals surface area (Å²) in [7, 11) is 3.21. The van der Waals surface area contributed by atoms with Crippen molar-refractivity contribution in [1.29, 1.82) is 0 Å². The molecule has 3 atom stereocenters. The number of carbonyl (C=O) groups is 2. The standard InChI is InChI=1S/C32H45N3O7/c1-4-5-15-34(16-9-14-33)29(36)20-35-19-24(23-17-27(40-3)31-28(18-23)41-21-42-31)30(32(37)38)25(35)12-8-11-22-10-6-7-13-26(22)39-2/h6-7,10,13,17-18,24-25,30H,4-5,8-9,11-12,14-16,19-21,33H2,1-3H3,(H,37,38). The minimum Gasteiger partial charge on any atom is -0.496 e. The van der Waals surface area contributed by atoms with Crippen LogP contribution in [0.1, 0.15) is 56.1 Å². The first-order chi connectivity index (χ1) is 20.4. The van der Waals surface area contributed by atoms with Crippen molar-refractivity contribution in [2.45, 2.75) is 57.4 Å². The summed E-state index contributed by atoms with van der Waals surface area (Å²) in [5.41, 5.74) is 7.64. The van der Waals surface area contributed by atoms with E-state index in [4.69, 9.17) is 24.7 Å². The van der Waals surface area contributed by atoms with Gasteiger partial charge in [0.2, 0.25) is 18.4 Å². The number of aryl methyl sites for hydroxylation is 1. The van der Waals surface area contributed by atoms with Crippen LogP contribution in [-0.2, 0) is 16.0 Å². The molecule has 2 aliphatic rings. The van der Waals surface area contributed by atoms with E-state index in [1.165, 1.54) is 0 Å². The number of fused-ring (bicyclic) bond motifs is 1. The third-order valence-electron chi connectivity index (χ3n) is 8.39. The number of hydrogen-bond acceptors (Lipinski definition) is 8. The average molecular weight is 584 g/mol. The van der Waals surface area contributed by atoms with Crippen LogP contribution in [0.2, 0.25) is 0 Å². The molecule has 1 saturated heterocycles. The Morgan fingerprint density at radius 2 is 1.83 bits per heavy atom. The van der Waals surface area contributed by atoms with Gasteiger partial charge in [-0.15, -0.1) is 0 Å². The van der Waals surface area contributed by atoms with E-state index < -0.39 is 11.9 Å². The van der Waals surface area contributed by atoms with Crippen LogP contribution in [0.5, 0.6) is 23.0 Å². The highest BCUT2D eigenvalue weighted by molar-refractivity contribution is 5.79. The van der Waals surface area contributed by atoms with Gasteiger partial charge in [-0.1, -0.05) is 31.5 Å². The lowest BCUT2D eigenvalue weighted by molar-refractivity contribution is -0.143. The SMILES string of the molecule is CCCCN(CCCN)C(=O)CN1CC(c2cc(OC)c3c(c2)OCO3)C(C(=O)O)C1CCCc1ccccc1OC. The van der Waals surface area contributed by atoms with Gasteiger partial charge >= 0.3 is 5.97 Å². The molecule has 0 spiro atoms. The molecule has 3 N–H and O–H groups in total. The maximum Gasteiger partial charge on any atom is 0.308 e. The molecule has 2 aliphatic heterocycles. The number of carboxylic acids is 1. The summed E-state index contributed by atoms with van der Waals surface area (Å²) in [6.45, 7) is 4.58. The van der Waals surface area contributed by atoms with Crippen LogP contribution < -0.4 is 24.7 Å². The Bertz CT molecular complexity index is 1200. The van der Waals surface area contributed by atoms with Crippen molar-refractivity contribution in [1.82, 2.24) is 9.80 Å². The Kier molecular flexibility index (Phi) is 11.3.